The van der Waals surface area contributed by atoms with Gasteiger partial charge in [-0.15, -0.1) is 0 Å². The topological polar surface area (TPSA) is 74.7 Å². The van der Waals surface area contributed by atoms with Crippen LogP contribution in [0.4, 0.5) is 0 Å². The van der Waals surface area contributed by atoms with Crippen molar-refractivity contribution in [2.75, 3.05) is 13.2 Å². The summed E-state index contributed by atoms with van der Waals surface area (Å²) in [4.78, 5) is 11.7. The molecule has 5 nitrogen and oxygen atoms in total. The van der Waals surface area contributed by atoms with E-state index in [4.69, 9.17) is 19.6 Å². The Morgan fingerprint density at radius 3 is 2.41 bits per heavy atom. The highest BCUT2D eigenvalue weighted by atomic mass is 16.5. The first kappa shape index (κ1) is 16.1. The Balaban J connectivity index is 1.67. The molecule has 2 N–H and O–H groups in total. The third-order valence-electron chi connectivity index (χ3n) is 3.20. The van der Waals surface area contributed by atoms with Gasteiger partial charge >= 0.3 is 0 Å². The minimum atomic E-state index is -0.206. The van der Waals surface area contributed by atoms with Crippen LogP contribution in [0.15, 0.2) is 45.8 Å². The van der Waals surface area contributed by atoms with Crippen LogP contribution in [0.1, 0.15) is 24.2 Å². The molecule has 0 saturated heterocycles. The number of ether oxygens (including phenoxy) is 2. The average molecular weight is 303 g/mol. The summed E-state index contributed by atoms with van der Waals surface area (Å²) < 4.78 is 16.3. The van der Waals surface area contributed by atoms with Crippen LogP contribution in [-0.4, -0.2) is 13.2 Å². The van der Waals surface area contributed by atoms with Crippen LogP contribution in [0.25, 0.3) is 0 Å². The third-order valence-corrected chi connectivity index (χ3v) is 3.20. The predicted octanol–water partition coefficient (Wildman–Crippen LogP) is 2.64. The molecule has 0 radical (unpaired) electrons. The molecule has 0 spiro atoms. The number of para-hydroxylation sites is 1. The van der Waals surface area contributed by atoms with Gasteiger partial charge in [0.15, 0.2) is 0 Å². The zero-order valence-electron chi connectivity index (χ0n) is 12.7. The van der Waals surface area contributed by atoms with Crippen molar-refractivity contribution in [2.24, 2.45) is 5.73 Å². The summed E-state index contributed by atoms with van der Waals surface area (Å²) in [7, 11) is 0. The molecular weight excluding hydrogens is 282 g/mol. The number of hydrogen-bond acceptors (Lipinski definition) is 5. The smallest absolute Gasteiger partial charge is 0.227 e. The monoisotopic (exact) mass is 303 g/mol. The maximum Gasteiger partial charge on any atom is 0.227 e. The number of hydrogen-bond donors (Lipinski definition) is 1. The lowest BCUT2D eigenvalue weighted by atomic mass is 10.2. The van der Waals surface area contributed by atoms with E-state index in [9.17, 15) is 4.79 Å². The molecule has 0 aliphatic rings. The Hall–Kier alpha value is -2.27. The van der Waals surface area contributed by atoms with Crippen molar-refractivity contribution in [1.29, 1.82) is 0 Å². The molecule has 0 aliphatic carbocycles. The maximum absolute atomic E-state index is 11.7. The quantitative estimate of drug-likeness (QED) is 0.759. The molecule has 0 unspecified atom stereocenters. The lowest BCUT2D eigenvalue weighted by Crippen LogP contribution is -2.11. The van der Waals surface area contributed by atoms with Gasteiger partial charge in [0, 0.05) is 6.07 Å². The van der Waals surface area contributed by atoms with Crippen LogP contribution in [0, 0.1) is 6.92 Å². The standard InChI is InChI=1S/C17H21NO4/c1-13-6-2-3-7-16(13)20-8-4-5-9-21-17-12-22-14(11-18)10-15(17)19/h2-3,6-7,10,12H,4-5,8-9,11,18H2,1H3. The van der Waals surface area contributed by atoms with Gasteiger partial charge in [-0.1, -0.05) is 18.2 Å². The van der Waals surface area contributed by atoms with Crippen LogP contribution in [0.5, 0.6) is 11.5 Å². The van der Waals surface area contributed by atoms with Crippen molar-refractivity contribution >= 4 is 0 Å². The molecule has 2 aromatic rings. The van der Waals surface area contributed by atoms with Gasteiger partial charge in [-0.2, -0.15) is 0 Å². The zero-order valence-corrected chi connectivity index (χ0v) is 12.7. The molecule has 0 aliphatic heterocycles. The van der Waals surface area contributed by atoms with Crippen LogP contribution in [0.3, 0.4) is 0 Å². The molecule has 1 aromatic carbocycles. The third kappa shape index (κ3) is 4.63. The lowest BCUT2D eigenvalue weighted by Gasteiger charge is -2.09. The zero-order chi connectivity index (χ0) is 15.8. The van der Waals surface area contributed by atoms with E-state index in [-0.39, 0.29) is 17.7 Å². The van der Waals surface area contributed by atoms with Gasteiger partial charge in [0.25, 0.3) is 0 Å². The van der Waals surface area contributed by atoms with Gasteiger partial charge in [0.05, 0.1) is 19.8 Å². The molecule has 0 bridgehead atoms. The van der Waals surface area contributed by atoms with E-state index in [1.54, 1.807) is 0 Å². The van der Waals surface area contributed by atoms with Crippen LogP contribution >= 0.6 is 0 Å². The molecule has 22 heavy (non-hydrogen) atoms. The Labute approximate surface area is 129 Å². The summed E-state index contributed by atoms with van der Waals surface area (Å²) >= 11 is 0. The fraction of sp³-hybridized carbons (Fsp3) is 0.353. The largest absolute Gasteiger partial charge is 0.493 e. The first-order chi connectivity index (χ1) is 10.7. The molecule has 0 amide bonds. The fourth-order valence-electron chi connectivity index (χ4n) is 1.94. The molecule has 0 saturated carbocycles. The highest BCUT2D eigenvalue weighted by Gasteiger charge is 2.03. The summed E-state index contributed by atoms with van der Waals surface area (Å²) in [5.41, 5.74) is 6.31. The Kier molecular flexibility index (Phi) is 6.03. The van der Waals surface area contributed by atoms with Gasteiger partial charge in [0.2, 0.25) is 11.2 Å². The highest BCUT2D eigenvalue weighted by molar-refractivity contribution is 5.31. The van der Waals surface area contributed by atoms with Gasteiger partial charge in [-0.05, 0) is 31.4 Å². The van der Waals surface area contributed by atoms with Crippen molar-refractivity contribution in [3.8, 4) is 11.5 Å². The van der Waals surface area contributed by atoms with Crippen molar-refractivity contribution in [3.63, 3.8) is 0 Å². The second kappa shape index (κ2) is 8.24. The van der Waals surface area contributed by atoms with E-state index in [1.807, 2.05) is 31.2 Å². The molecule has 0 fully saturated rings. The Morgan fingerprint density at radius 1 is 1.09 bits per heavy atom. The fourth-order valence-corrected chi connectivity index (χ4v) is 1.94. The van der Waals surface area contributed by atoms with E-state index < -0.39 is 0 Å². The normalized spacial score (nSPS) is 10.5. The number of nitrogens with two attached hydrogens (primary N) is 1. The van der Waals surface area contributed by atoms with Gasteiger partial charge < -0.3 is 19.6 Å². The van der Waals surface area contributed by atoms with Gasteiger partial charge in [0.1, 0.15) is 17.8 Å². The average Bonchev–Trinajstić information content (AvgIpc) is 2.53. The Bertz CT molecular complexity index is 651. The van der Waals surface area contributed by atoms with Crippen molar-refractivity contribution in [2.45, 2.75) is 26.3 Å². The van der Waals surface area contributed by atoms with Gasteiger partial charge in [-0.3, -0.25) is 4.79 Å². The van der Waals surface area contributed by atoms with E-state index >= 15 is 0 Å². The summed E-state index contributed by atoms with van der Waals surface area (Å²) in [6.45, 7) is 3.29. The second-order valence-corrected chi connectivity index (χ2v) is 4.95. The molecule has 1 heterocycles. The van der Waals surface area contributed by atoms with Crippen molar-refractivity contribution in [1.82, 2.24) is 0 Å². The van der Waals surface area contributed by atoms with Gasteiger partial charge in [-0.25, -0.2) is 0 Å². The molecule has 1 aromatic heterocycles. The van der Waals surface area contributed by atoms with Crippen molar-refractivity contribution < 1.29 is 13.9 Å². The maximum atomic E-state index is 11.7. The minimum Gasteiger partial charge on any atom is -0.493 e. The van der Waals surface area contributed by atoms with E-state index in [2.05, 4.69) is 0 Å². The first-order valence-corrected chi connectivity index (χ1v) is 7.33. The first-order valence-electron chi connectivity index (χ1n) is 7.33. The van der Waals surface area contributed by atoms with E-state index in [1.165, 1.54) is 12.3 Å². The number of benzene rings is 1. The summed E-state index contributed by atoms with van der Waals surface area (Å²) in [5.74, 6) is 1.57. The van der Waals surface area contributed by atoms with Crippen molar-refractivity contribution in [3.05, 3.63) is 58.1 Å². The Morgan fingerprint density at radius 2 is 1.77 bits per heavy atom. The van der Waals surface area contributed by atoms with Crippen LogP contribution in [0.2, 0.25) is 0 Å². The summed E-state index contributed by atoms with van der Waals surface area (Å²) in [5, 5.41) is 0. The summed E-state index contributed by atoms with van der Waals surface area (Å²) in [6.07, 6.45) is 2.96. The van der Waals surface area contributed by atoms with E-state index in [0.29, 0.717) is 19.0 Å². The molecule has 118 valence electrons. The van der Waals surface area contributed by atoms with E-state index in [0.717, 1.165) is 24.2 Å². The SMILES string of the molecule is Cc1ccccc1OCCCCOc1coc(CN)cc1=O. The molecular formula is C17H21NO4. The minimum absolute atomic E-state index is 0.200. The predicted molar refractivity (Wildman–Crippen MR) is 84.3 cm³/mol. The number of aryl methyl sites for hydroxylation is 1. The lowest BCUT2D eigenvalue weighted by molar-refractivity contribution is 0.259. The number of rotatable bonds is 8. The van der Waals surface area contributed by atoms with Crippen LogP contribution in [-0.2, 0) is 6.54 Å². The number of unbranched alkanes of at least 4 members (excludes halogenated alkanes) is 1. The molecule has 0 atom stereocenters. The second-order valence-electron chi connectivity index (χ2n) is 4.95. The molecule has 2 rings (SSSR count). The van der Waals surface area contributed by atoms with Crippen LogP contribution < -0.4 is 20.6 Å². The summed E-state index contributed by atoms with van der Waals surface area (Å²) in [6, 6.07) is 9.27. The highest BCUT2D eigenvalue weighted by Crippen LogP contribution is 2.16. The molecule has 5 heteroatoms.